The van der Waals surface area contributed by atoms with Crippen LogP contribution < -0.4 is 0 Å². The summed E-state index contributed by atoms with van der Waals surface area (Å²) in [5, 5.41) is 0. The van der Waals surface area contributed by atoms with E-state index in [0.717, 1.165) is 18.7 Å². The molecule has 0 aliphatic carbocycles. The summed E-state index contributed by atoms with van der Waals surface area (Å²) < 4.78 is 13.3. The Morgan fingerprint density at radius 1 is 1.21 bits per heavy atom. The number of piperazine rings is 1. The first-order valence-corrected chi connectivity index (χ1v) is 6.78. The summed E-state index contributed by atoms with van der Waals surface area (Å²) in [5.74, 6) is -0.407. The van der Waals surface area contributed by atoms with E-state index in [0.29, 0.717) is 24.7 Å². The van der Waals surface area contributed by atoms with E-state index in [9.17, 15) is 9.18 Å². The topological polar surface area (TPSA) is 23.6 Å². The number of benzene rings is 1. The summed E-state index contributed by atoms with van der Waals surface area (Å²) in [6.07, 6.45) is 0. The maximum Gasteiger partial charge on any atom is 0.254 e. The van der Waals surface area contributed by atoms with Crippen molar-refractivity contribution in [2.24, 2.45) is 0 Å². The Labute approximate surface area is 114 Å². The average molecular weight is 264 g/mol. The molecule has 1 aromatic rings. The van der Waals surface area contributed by atoms with Crippen molar-refractivity contribution >= 4 is 5.91 Å². The highest BCUT2D eigenvalue weighted by Crippen LogP contribution is 2.15. The van der Waals surface area contributed by atoms with Gasteiger partial charge in [0.05, 0.1) is 0 Å². The fourth-order valence-electron chi connectivity index (χ4n) is 2.44. The predicted octanol–water partition coefficient (Wildman–Crippen LogP) is 2.30. The van der Waals surface area contributed by atoms with Gasteiger partial charge >= 0.3 is 0 Å². The third kappa shape index (κ3) is 3.13. The quantitative estimate of drug-likeness (QED) is 0.818. The highest BCUT2D eigenvalue weighted by atomic mass is 19.1. The number of aryl methyl sites for hydroxylation is 1. The van der Waals surface area contributed by atoms with Crippen molar-refractivity contribution < 1.29 is 9.18 Å². The molecule has 1 fully saturated rings. The highest BCUT2D eigenvalue weighted by molar-refractivity contribution is 5.95. The Balaban J connectivity index is 2.07. The van der Waals surface area contributed by atoms with Crippen molar-refractivity contribution in [2.75, 3.05) is 26.2 Å². The Hall–Kier alpha value is -1.42. The molecule has 0 bridgehead atoms. The summed E-state index contributed by atoms with van der Waals surface area (Å²) >= 11 is 0. The predicted molar refractivity (Wildman–Crippen MR) is 73.7 cm³/mol. The molecule has 1 heterocycles. The SMILES string of the molecule is Cc1ccc(F)cc1C(=O)N1CCN(C(C)C)CC1. The maximum absolute atomic E-state index is 13.3. The van der Waals surface area contributed by atoms with Gasteiger partial charge in [0, 0.05) is 37.8 Å². The molecule has 1 aliphatic rings. The van der Waals surface area contributed by atoms with Gasteiger partial charge in [-0.15, -0.1) is 0 Å². The van der Waals surface area contributed by atoms with E-state index in [-0.39, 0.29) is 11.7 Å². The van der Waals surface area contributed by atoms with E-state index in [4.69, 9.17) is 0 Å². The molecular weight excluding hydrogens is 243 g/mol. The lowest BCUT2D eigenvalue weighted by atomic mass is 10.1. The number of carbonyl (C=O) groups is 1. The molecule has 1 aliphatic heterocycles. The van der Waals surface area contributed by atoms with Gasteiger partial charge in [-0.2, -0.15) is 0 Å². The minimum absolute atomic E-state index is 0.0552. The maximum atomic E-state index is 13.3. The fraction of sp³-hybridized carbons (Fsp3) is 0.533. The molecule has 0 spiro atoms. The molecule has 104 valence electrons. The van der Waals surface area contributed by atoms with Crippen molar-refractivity contribution in [2.45, 2.75) is 26.8 Å². The van der Waals surface area contributed by atoms with Crippen molar-refractivity contribution in [1.82, 2.24) is 9.80 Å². The Kier molecular flexibility index (Phi) is 4.20. The monoisotopic (exact) mass is 264 g/mol. The number of rotatable bonds is 2. The lowest BCUT2D eigenvalue weighted by Crippen LogP contribution is -2.50. The molecular formula is C15H21FN2O. The molecule has 1 aromatic carbocycles. The Morgan fingerprint density at radius 3 is 2.42 bits per heavy atom. The molecule has 0 saturated carbocycles. The van der Waals surface area contributed by atoms with Crippen LogP contribution in [0.2, 0.25) is 0 Å². The van der Waals surface area contributed by atoms with E-state index in [2.05, 4.69) is 18.7 Å². The molecule has 1 saturated heterocycles. The normalized spacial score (nSPS) is 17.0. The van der Waals surface area contributed by atoms with Crippen LogP contribution in [0.4, 0.5) is 4.39 Å². The lowest BCUT2D eigenvalue weighted by molar-refractivity contribution is 0.0594. The van der Waals surface area contributed by atoms with Gasteiger partial charge in [-0.05, 0) is 38.5 Å². The van der Waals surface area contributed by atoms with Gasteiger partial charge < -0.3 is 4.90 Å². The number of hydrogen-bond acceptors (Lipinski definition) is 2. The molecule has 0 N–H and O–H groups in total. The first-order chi connectivity index (χ1) is 8.99. The molecule has 2 rings (SSSR count). The highest BCUT2D eigenvalue weighted by Gasteiger charge is 2.24. The van der Waals surface area contributed by atoms with Crippen LogP contribution in [0.25, 0.3) is 0 Å². The van der Waals surface area contributed by atoms with Crippen LogP contribution in [0.5, 0.6) is 0 Å². The minimum Gasteiger partial charge on any atom is -0.336 e. The van der Waals surface area contributed by atoms with Gasteiger partial charge in [-0.1, -0.05) is 6.07 Å². The minimum atomic E-state index is -0.352. The number of carbonyl (C=O) groups excluding carboxylic acids is 1. The molecule has 0 unspecified atom stereocenters. The molecule has 4 heteroatoms. The molecule has 1 amide bonds. The molecule has 0 radical (unpaired) electrons. The van der Waals surface area contributed by atoms with Crippen LogP contribution >= 0.6 is 0 Å². The van der Waals surface area contributed by atoms with Gasteiger partial charge in [0.1, 0.15) is 5.82 Å². The van der Waals surface area contributed by atoms with E-state index in [1.165, 1.54) is 12.1 Å². The van der Waals surface area contributed by atoms with Crippen LogP contribution in [0, 0.1) is 12.7 Å². The largest absolute Gasteiger partial charge is 0.336 e. The van der Waals surface area contributed by atoms with Crippen molar-refractivity contribution in [3.05, 3.63) is 35.1 Å². The van der Waals surface area contributed by atoms with Crippen molar-refractivity contribution in [3.8, 4) is 0 Å². The van der Waals surface area contributed by atoms with Gasteiger partial charge in [0.25, 0.3) is 5.91 Å². The summed E-state index contributed by atoms with van der Waals surface area (Å²) in [5.41, 5.74) is 1.32. The second kappa shape index (κ2) is 5.70. The van der Waals surface area contributed by atoms with Crippen LogP contribution in [-0.2, 0) is 0 Å². The number of halogens is 1. The Bertz CT molecular complexity index is 465. The van der Waals surface area contributed by atoms with E-state index >= 15 is 0 Å². The van der Waals surface area contributed by atoms with Gasteiger partial charge in [0.15, 0.2) is 0 Å². The van der Waals surface area contributed by atoms with Crippen LogP contribution in [0.1, 0.15) is 29.8 Å². The van der Waals surface area contributed by atoms with Crippen molar-refractivity contribution in [3.63, 3.8) is 0 Å². The molecule has 0 atom stereocenters. The van der Waals surface area contributed by atoms with E-state index < -0.39 is 0 Å². The summed E-state index contributed by atoms with van der Waals surface area (Å²) in [4.78, 5) is 16.6. The zero-order valence-electron chi connectivity index (χ0n) is 11.8. The van der Waals surface area contributed by atoms with Crippen molar-refractivity contribution in [1.29, 1.82) is 0 Å². The molecule has 3 nitrogen and oxygen atoms in total. The smallest absolute Gasteiger partial charge is 0.254 e. The number of nitrogens with zero attached hydrogens (tertiary/aromatic N) is 2. The third-order valence-corrected chi connectivity index (χ3v) is 3.76. The fourth-order valence-corrected chi connectivity index (χ4v) is 2.44. The zero-order valence-corrected chi connectivity index (χ0v) is 11.8. The third-order valence-electron chi connectivity index (χ3n) is 3.76. The van der Waals surface area contributed by atoms with Gasteiger partial charge in [-0.25, -0.2) is 4.39 Å². The van der Waals surface area contributed by atoms with E-state index in [1.807, 2.05) is 11.8 Å². The average Bonchev–Trinajstić information content (AvgIpc) is 2.41. The standard InChI is InChI=1S/C15H21FN2O/c1-11(2)17-6-8-18(9-7-17)15(19)14-10-13(16)5-4-12(14)3/h4-5,10-11H,6-9H2,1-3H3. The summed E-state index contributed by atoms with van der Waals surface area (Å²) in [7, 11) is 0. The second-order valence-corrected chi connectivity index (χ2v) is 5.38. The summed E-state index contributed by atoms with van der Waals surface area (Å²) in [6, 6.07) is 4.90. The second-order valence-electron chi connectivity index (χ2n) is 5.38. The van der Waals surface area contributed by atoms with E-state index in [1.54, 1.807) is 6.07 Å². The first-order valence-electron chi connectivity index (χ1n) is 6.78. The first kappa shape index (κ1) is 14.0. The summed E-state index contributed by atoms with van der Waals surface area (Å²) in [6.45, 7) is 9.37. The van der Waals surface area contributed by atoms with Gasteiger partial charge in [-0.3, -0.25) is 9.69 Å². The van der Waals surface area contributed by atoms with Crippen LogP contribution in [0.15, 0.2) is 18.2 Å². The van der Waals surface area contributed by atoms with Crippen LogP contribution in [0.3, 0.4) is 0 Å². The zero-order chi connectivity index (χ0) is 14.0. The Morgan fingerprint density at radius 2 is 1.84 bits per heavy atom. The number of amides is 1. The lowest BCUT2D eigenvalue weighted by Gasteiger charge is -2.37. The number of hydrogen-bond donors (Lipinski definition) is 0. The van der Waals surface area contributed by atoms with Gasteiger partial charge in [0.2, 0.25) is 0 Å². The molecule has 19 heavy (non-hydrogen) atoms. The van der Waals surface area contributed by atoms with Crippen LogP contribution in [-0.4, -0.2) is 47.9 Å². The molecule has 0 aromatic heterocycles.